The molecule has 1 aliphatic heterocycles. The molecule has 29 heavy (non-hydrogen) atoms. The Morgan fingerprint density at radius 2 is 1.93 bits per heavy atom. The van der Waals surface area contributed by atoms with Crippen molar-refractivity contribution in [3.8, 4) is 0 Å². The van der Waals surface area contributed by atoms with E-state index in [1.807, 2.05) is 6.20 Å². The Balaban J connectivity index is 1.52. The number of nitrogens with one attached hydrogen (secondary N) is 2. The first-order chi connectivity index (χ1) is 14.2. The molecular formula is C22H34N6S. The minimum absolute atomic E-state index is 0.623. The molecule has 3 heterocycles. The molecule has 7 heteroatoms. The van der Waals surface area contributed by atoms with Gasteiger partial charge < -0.3 is 15.5 Å². The summed E-state index contributed by atoms with van der Waals surface area (Å²) in [7, 11) is 0. The maximum absolute atomic E-state index is 4.72. The number of aliphatic imine (C=N–C) groups is 1. The van der Waals surface area contributed by atoms with Gasteiger partial charge in [-0.05, 0) is 45.2 Å². The molecule has 0 bridgehead atoms. The summed E-state index contributed by atoms with van der Waals surface area (Å²) < 4.78 is 0. The smallest absolute Gasteiger partial charge is 0.191 e. The summed E-state index contributed by atoms with van der Waals surface area (Å²) in [5, 5.41) is 7.91. The predicted octanol–water partition coefficient (Wildman–Crippen LogP) is 3.83. The monoisotopic (exact) mass is 414 g/mol. The predicted molar refractivity (Wildman–Crippen MR) is 123 cm³/mol. The van der Waals surface area contributed by atoms with Gasteiger partial charge in [0.15, 0.2) is 5.96 Å². The Hall–Kier alpha value is -2.15. The summed E-state index contributed by atoms with van der Waals surface area (Å²) in [5.41, 5.74) is 2.27. The third-order valence-corrected chi connectivity index (χ3v) is 6.34. The lowest BCUT2D eigenvalue weighted by Gasteiger charge is -2.21. The fraction of sp³-hybridized carbons (Fsp3) is 0.591. The van der Waals surface area contributed by atoms with Gasteiger partial charge >= 0.3 is 0 Å². The van der Waals surface area contributed by atoms with Crippen molar-refractivity contribution in [1.82, 2.24) is 20.6 Å². The maximum Gasteiger partial charge on any atom is 0.191 e. The van der Waals surface area contributed by atoms with Crippen LogP contribution in [-0.4, -0.2) is 42.1 Å². The van der Waals surface area contributed by atoms with Crippen LogP contribution < -0.4 is 15.5 Å². The second kappa shape index (κ2) is 11.1. The molecule has 1 saturated heterocycles. The van der Waals surface area contributed by atoms with E-state index >= 15 is 0 Å². The van der Waals surface area contributed by atoms with E-state index in [4.69, 9.17) is 4.99 Å². The van der Waals surface area contributed by atoms with Crippen LogP contribution in [0.2, 0.25) is 0 Å². The van der Waals surface area contributed by atoms with Crippen LogP contribution in [0.25, 0.3) is 0 Å². The van der Waals surface area contributed by atoms with Crippen LogP contribution >= 0.6 is 11.3 Å². The van der Waals surface area contributed by atoms with Gasteiger partial charge in [-0.2, -0.15) is 0 Å². The van der Waals surface area contributed by atoms with Crippen LogP contribution in [0.5, 0.6) is 0 Å². The van der Waals surface area contributed by atoms with E-state index in [-0.39, 0.29) is 0 Å². The maximum atomic E-state index is 4.72. The molecule has 2 aromatic heterocycles. The fourth-order valence-corrected chi connectivity index (χ4v) is 4.38. The lowest BCUT2D eigenvalue weighted by atomic mass is 10.2. The number of guanidine groups is 1. The molecule has 1 fully saturated rings. The van der Waals surface area contributed by atoms with Gasteiger partial charge in [0.25, 0.3) is 0 Å². The highest BCUT2D eigenvalue weighted by molar-refractivity contribution is 7.11. The molecule has 158 valence electrons. The average Bonchev–Trinajstić information content (AvgIpc) is 2.91. The minimum atomic E-state index is 0.623. The molecular weight excluding hydrogens is 380 g/mol. The molecule has 2 N–H and O–H groups in total. The first-order valence-corrected chi connectivity index (χ1v) is 11.6. The second-order valence-electron chi connectivity index (χ2n) is 7.55. The number of nitrogens with zero attached hydrogens (tertiary/aromatic N) is 4. The van der Waals surface area contributed by atoms with E-state index in [9.17, 15) is 0 Å². The van der Waals surface area contributed by atoms with Crippen LogP contribution in [0, 0.1) is 13.8 Å². The SMILES string of the molecule is CCNC(=NCc1ccc(N2CCCCCC2)nc1)NCCc1nc(C)c(C)s1. The summed E-state index contributed by atoms with van der Waals surface area (Å²) in [5.74, 6) is 1.94. The van der Waals surface area contributed by atoms with E-state index in [1.165, 1.54) is 35.6 Å². The number of aryl methyl sites for hydroxylation is 2. The highest BCUT2D eigenvalue weighted by atomic mass is 32.1. The summed E-state index contributed by atoms with van der Waals surface area (Å²) in [6.07, 6.45) is 8.10. The third kappa shape index (κ3) is 6.70. The Kier molecular flexibility index (Phi) is 8.28. The number of pyridine rings is 1. The van der Waals surface area contributed by atoms with E-state index in [0.717, 1.165) is 55.6 Å². The lowest BCUT2D eigenvalue weighted by molar-refractivity contribution is 0.726. The summed E-state index contributed by atoms with van der Waals surface area (Å²) in [6, 6.07) is 4.30. The Morgan fingerprint density at radius 3 is 2.55 bits per heavy atom. The van der Waals surface area contributed by atoms with Crippen LogP contribution in [0.3, 0.4) is 0 Å². The number of anilines is 1. The van der Waals surface area contributed by atoms with Crippen molar-refractivity contribution in [3.63, 3.8) is 0 Å². The van der Waals surface area contributed by atoms with Crippen molar-refractivity contribution in [3.05, 3.63) is 39.5 Å². The highest BCUT2D eigenvalue weighted by Crippen LogP contribution is 2.18. The number of thiazole rings is 1. The summed E-state index contributed by atoms with van der Waals surface area (Å²) in [4.78, 5) is 17.7. The topological polar surface area (TPSA) is 65.4 Å². The highest BCUT2D eigenvalue weighted by Gasteiger charge is 2.10. The van der Waals surface area contributed by atoms with Gasteiger partial charge in [-0.15, -0.1) is 11.3 Å². The van der Waals surface area contributed by atoms with Crippen LogP contribution in [0.15, 0.2) is 23.3 Å². The van der Waals surface area contributed by atoms with Crippen molar-refractivity contribution in [2.24, 2.45) is 4.99 Å². The minimum Gasteiger partial charge on any atom is -0.357 e. The number of hydrogen-bond donors (Lipinski definition) is 2. The zero-order valence-corrected chi connectivity index (χ0v) is 18.8. The molecule has 2 aromatic rings. The quantitative estimate of drug-likeness (QED) is 0.532. The lowest BCUT2D eigenvalue weighted by Crippen LogP contribution is -2.38. The van der Waals surface area contributed by atoms with Crippen molar-refractivity contribution < 1.29 is 0 Å². The third-order valence-electron chi connectivity index (χ3n) is 5.21. The van der Waals surface area contributed by atoms with Crippen molar-refractivity contribution in [1.29, 1.82) is 0 Å². The van der Waals surface area contributed by atoms with Crippen molar-refractivity contribution >= 4 is 23.1 Å². The largest absolute Gasteiger partial charge is 0.357 e. The number of rotatable bonds is 7. The second-order valence-corrected chi connectivity index (χ2v) is 8.83. The van der Waals surface area contributed by atoms with Crippen molar-refractivity contribution in [2.75, 3.05) is 31.1 Å². The van der Waals surface area contributed by atoms with Gasteiger partial charge in [0.2, 0.25) is 0 Å². The average molecular weight is 415 g/mol. The number of aromatic nitrogens is 2. The zero-order chi connectivity index (χ0) is 20.5. The first kappa shape index (κ1) is 21.6. The molecule has 1 aliphatic rings. The molecule has 0 aromatic carbocycles. The zero-order valence-electron chi connectivity index (χ0n) is 18.0. The summed E-state index contributed by atoms with van der Waals surface area (Å²) >= 11 is 1.78. The van der Waals surface area contributed by atoms with Gasteiger partial charge in [-0.1, -0.05) is 18.9 Å². The molecule has 0 atom stereocenters. The molecule has 0 unspecified atom stereocenters. The van der Waals surface area contributed by atoms with Crippen molar-refractivity contribution in [2.45, 2.75) is 59.4 Å². The Bertz CT molecular complexity index is 756. The first-order valence-electron chi connectivity index (χ1n) is 10.8. The van der Waals surface area contributed by atoms with E-state index < -0.39 is 0 Å². The van der Waals surface area contributed by atoms with E-state index in [0.29, 0.717) is 6.54 Å². The van der Waals surface area contributed by atoms with Crippen LogP contribution in [0.1, 0.15) is 53.7 Å². The van der Waals surface area contributed by atoms with E-state index in [2.05, 4.69) is 58.4 Å². The fourth-order valence-electron chi connectivity index (χ4n) is 3.44. The number of hydrogen-bond acceptors (Lipinski definition) is 5. The van der Waals surface area contributed by atoms with Gasteiger partial charge in [-0.3, -0.25) is 0 Å². The molecule has 0 radical (unpaired) electrons. The van der Waals surface area contributed by atoms with Gasteiger partial charge in [0.05, 0.1) is 17.2 Å². The molecule has 0 aliphatic carbocycles. The molecule has 6 nitrogen and oxygen atoms in total. The van der Waals surface area contributed by atoms with Gasteiger partial charge in [-0.25, -0.2) is 15.0 Å². The molecule has 3 rings (SSSR count). The molecule has 0 saturated carbocycles. The Morgan fingerprint density at radius 1 is 1.14 bits per heavy atom. The standard InChI is InChI=1S/C22H34N6S/c1-4-23-22(24-12-11-21-27-17(2)18(3)29-21)26-16-19-9-10-20(25-15-19)28-13-7-5-6-8-14-28/h9-10,15H,4-8,11-14,16H2,1-3H3,(H2,23,24,26). The molecule has 0 amide bonds. The van der Waals surface area contributed by atoms with Gasteiger partial charge in [0.1, 0.15) is 5.82 Å². The normalized spacial score (nSPS) is 15.3. The summed E-state index contributed by atoms with van der Waals surface area (Å²) in [6.45, 7) is 10.8. The Labute approximate surface area is 178 Å². The molecule has 0 spiro atoms. The van der Waals surface area contributed by atoms with Gasteiger partial charge in [0, 0.05) is 43.7 Å². The van der Waals surface area contributed by atoms with E-state index in [1.54, 1.807) is 11.3 Å². The van der Waals surface area contributed by atoms with Crippen LogP contribution in [0.4, 0.5) is 5.82 Å². The van der Waals surface area contributed by atoms with Crippen LogP contribution in [-0.2, 0) is 13.0 Å².